The number of fused-ring (bicyclic) bond motifs is 1. The number of rotatable bonds is 2. The van der Waals surface area contributed by atoms with Crippen LogP contribution in [-0.2, 0) is 6.42 Å². The smallest absolute Gasteiger partial charge is 0.173 e. The van der Waals surface area contributed by atoms with Crippen molar-refractivity contribution in [3.8, 4) is 0 Å². The van der Waals surface area contributed by atoms with Crippen molar-refractivity contribution in [2.45, 2.75) is 32.2 Å². The van der Waals surface area contributed by atoms with Crippen LogP contribution in [0, 0.1) is 12.8 Å². The Labute approximate surface area is 141 Å². The highest BCUT2D eigenvalue weighted by Crippen LogP contribution is 2.48. The summed E-state index contributed by atoms with van der Waals surface area (Å²) in [6, 6.07) is 11.1. The molecule has 4 rings (SSSR count). The predicted molar refractivity (Wildman–Crippen MR) is 97.6 cm³/mol. The fourth-order valence-corrected chi connectivity index (χ4v) is 4.62. The minimum absolute atomic E-state index is 0.485. The monoisotopic (exact) mass is 328 g/mol. The fourth-order valence-electron chi connectivity index (χ4n) is 3.39. The summed E-state index contributed by atoms with van der Waals surface area (Å²) < 4.78 is 0. The summed E-state index contributed by atoms with van der Waals surface area (Å²) in [5, 5.41) is 6.59. The first kappa shape index (κ1) is 14.2. The molecule has 2 heterocycles. The first-order chi connectivity index (χ1) is 10.7. The molecular weight excluding hydrogens is 308 g/mol. The fraction of sp³-hybridized carbons (Fsp3) is 0.389. The molecule has 114 valence electrons. The lowest BCUT2D eigenvalue weighted by molar-refractivity contribution is 0.276. The molecule has 4 heteroatoms. The Morgan fingerprint density at radius 3 is 2.86 bits per heavy atom. The lowest BCUT2D eigenvalue weighted by atomic mass is 9.96. The average Bonchev–Trinajstić information content (AvgIpc) is 3.25. The molecule has 0 radical (unpaired) electrons. The molecule has 2 nitrogen and oxygen atoms in total. The number of anilines is 1. The summed E-state index contributed by atoms with van der Waals surface area (Å²) in [6.07, 6.45) is 3.79. The van der Waals surface area contributed by atoms with Crippen LogP contribution in [-0.4, -0.2) is 16.6 Å². The van der Waals surface area contributed by atoms with Gasteiger partial charge in [0.25, 0.3) is 0 Å². The van der Waals surface area contributed by atoms with Gasteiger partial charge in [0.2, 0.25) is 0 Å². The van der Waals surface area contributed by atoms with E-state index < -0.39 is 0 Å². The summed E-state index contributed by atoms with van der Waals surface area (Å²) in [5.74, 6) is 0.783. The molecule has 0 unspecified atom stereocenters. The van der Waals surface area contributed by atoms with Crippen LogP contribution < -0.4 is 5.32 Å². The molecule has 1 N–H and O–H groups in total. The molecule has 1 aromatic carbocycles. The van der Waals surface area contributed by atoms with Crippen molar-refractivity contribution < 1.29 is 0 Å². The van der Waals surface area contributed by atoms with Gasteiger partial charge >= 0.3 is 0 Å². The zero-order chi connectivity index (χ0) is 15.1. The van der Waals surface area contributed by atoms with Crippen LogP contribution >= 0.6 is 23.6 Å². The highest BCUT2D eigenvalue weighted by molar-refractivity contribution is 7.80. The largest absolute Gasteiger partial charge is 0.341 e. The number of thiocarbonyl (C=S) groups is 1. The van der Waals surface area contributed by atoms with Crippen molar-refractivity contribution in [2.24, 2.45) is 5.92 Å². The number of aryl methyl sites for hydroxylation is 1. The lowest BCUT2D eigenvalue weighted by Gasteiger charge is -2.38. The van der Waals surface area contributed by atoms with Gasteiger partial charge in [0.15, 0.2) is 5.11 Å². The molecule has 2 aromatic rings. The van der Waals surface area contributed by atoms with Crippen LogP contribution in [0.15, 0.2) is 35.7 Å². The minimum Gasteiger partial charge on any atom is -0.341 e. The first-order valence-corrected chi connectivity index (χ1v) is 9.22. The van der Waals surface area contributed by atoms with Crippen LogP contribution in [0.4, 0.5) is 5.69 Å². The lowest BCUT2D eigenvalue weighted by Crippen LogP contribution is -2.42. The molecule has 22 heavy (non-hydrogen) atoms. The molecular formula is C18H20N2S2. The van der Waals surface area contributed by atoms with Gasteiger partial charge in [0, 0.05) is 17.1 Å². The Morgan fingerprint density at radius 1 is 1.27 bits per heavy atom. The maximum absolute atomic E-state index is 5.76. The Hall–Kier alpha value is -1.39. The van der Waals surface area contributed by atoms with Crippen LogP contribution in [0.25, 0.3) is 0 Å². The van der Waals surface area contributed by atoms with E-state index in [1.165, 1.54) is 24.0 Å². The van der Waals surface area contributed by atoms with Gasteiger partial charge in [-0.25, -0.2) is 0 Å². The molecule has 1 atom stereocenters. The van der Waals surface area contributed by atoms with Crippen LogP contribution in [0.1, 0.15) is 34.9 Å². The van der Waals surface area contributed by atoms with Crippen molar-refractivity contribution in [2.75, 3.05) is 11.9 Å². The van der Waals surface area contributed by atoms with Gasteiger partial charge in [-0.1, -0.05) is 18.2 Å². The number of nitrogens with zero attached hydrogens (tertiary/aromatic N) is 1. The third kappa shape index (κ3) is 2.55. The second-order valence-electron chi connectivity index (χ2n) is 6.27. The van der Waals surface area contributed by atoms with Gasteiger partial charge in [-0.15, -0.1) is 11.3 Å². The molecule has 1 saturated carbocycles. The normalized spacial score (nSPS) is 20.6. The second kappa shape index (κ2) is 5.67. The number of nitrogens with one attached hydrogen (secondary N) is 1. The molecule has 1 fully saturated rings. The van der Waals surface area contributed by atoms with E-state index in [9.17, 15) is 0 Å². The van der Waals surface area contributed by atoms with Crippen LogP contribution in [0.3, 0.4) is 0 Å². The maximum atomic E-state index is 5.76. The summed E-state index contributed by atoms with van der Waals surface area (Å²) in [6.45, 7) is 3.16. The van der Waals surface area contributed by atoms with Crippen molar-refractivity contribution in [3.63, 3.8) is 0 Å². The molecule has 1 aliphatic heterocycles. The van der Waals surface area contributed by atoms with Gasteiger partial charge in [-0.2, -0.15) is 0 Å². The molecule has 2 aliphatic rings. The minimum atomic E-state index is 0.485. The summed E-state index contributed by atoms with van der Waals surface area (Å²) in [4.78, 5) is 3.99. The van der Waals surface area contributed by atoms with E-state index in [1.54, 1.807) is 4.88 Å². The van der Waals surface area contributed by atoms with E-state index in [0.717, 1.165) is 29.7 Å². The van der Waals surface area contributed by atoms with Gasteiger partial charge < -0.3 is 10.2 Å². The van der Waals surface area contributed by atoms with E-state index in [1.807, 2.05) is 11.3 Å². The average molecular weight is 329 g/mol. The van der Waals surface area contributed by atoms with Crippen LogP contribution in [0.2, 0.25) is 0 Å². The highest BCUT2D eigenvalue weighted by Gasteiger charge is 2.40. The quantitative estimate of drug-likeness (QED) is 0.800. The molecule has 0 saturated heterocycles. The number of para-hydroxylation sites is 1. The number of hydrogen-bond donors (Lipinski definition) is 1. The van der Waals surface area contributed by atoms with Crippen molar-refractivity contribution in [3.05, 3.63) is 51.7 Å². The van der Waals surface area contributed by atoms with Gasteiger partial charge in [-0.05, 0) is 73.0 Å². The van der Waals surface area contributed by atoms with Crippen molar-refractivity contribution in [1.82, 2.24) is 4.90 Å². The number of benzene rings is 1. The van der Waals surface area contributed by atoms with E-state index in [0.29, 0.717) is 6.04 Å². The number of thiophene rings is 1. The Morgan fingerprint density at radius 2 is 2.09 bits per heavy atom. The van der Waals surface area contributed by atoms with Gasteiger partial charge in [-0.3, -0.25) is 0 Å². The summed E-state index contributed by atoms with van der Waals surface area (Å²) in [7, 11) is 0. The van der Waals surface area contributed by atoms with E-state index >= 15 is 0 Å². The summed E-state index contributed by atoms with van der Waals surface area (Å²) in [5.41, 5.74) is 3.88. The number of hydrogen-bond acceptors (Lipinski definition) is 2. The van der Waals surface area contributed by atoms with E-state index in [2.05, 4.69) is 52.9 Å². The Kier molecular flexibility index (Phi) is 3.66. The van der Waals surface area contributed by atoms with Gasteiger partial charge in [0.1, 0.15) is 0 Å². The zero-order valence-electron chi connectivity index (χ0n) is 12.7. The predicted octanol–water partition coefficient (Wildman–Crippen LogP) is 4.76. The molecule has 1 aromatic heterocycles. The molecule has 1 aliphatic carbocycles. The standard InChI is InChI=1S/C18H20N2S2/c1-12-4-2-3-5-15(12)19-18(21)20-10-8-16-14(9-11-22-16)17(20)13-6-7-13/h2-5,9,11,13,17H,6-8,10H2,1H3,(H,19,21)/t17-/m0/s1. The molecule has 0 spiro atoms. The third-order valence-corrected chi connectivity index (χ3v) is 6.06. The third-order valence-electron chi connectivity index (χ3n) is 4.73. The Bertz CT molecular complexity index is 703. The van der Waals surface area contributed by atoms with Gasteiger partial charge in [0.05, 0.1) is 6.04 Å². The Balaban J connectivity index is 1.59. The highest BCUT2D eigenvalue weighted by atomic mass is 32.1. The topological polar surface area (TPSA) is 15.3 Å². The second-order valence-corrected chi connectivity index (χ2v) is 7.66. The van der Waals surface area contributed by atoms with Crippen molar-refractivity contribution >= 4 is 34.4 Å². The maximum Gasteiger partial charge on any atom is 0.173 e. The molecule has 0 bridgehead atoms. The van der Waals surface area contributed by atoms with Crippen LogP contribution in [0.5, 0.6) is 0 Å². The zero-order valence-corrected chi connectivity index (χ0v) is 14.3. The molecule has 0 amide bonds. The SMILES string of the molecule is Cc1ccccc1NC(=S)N1CCc2sccc2[C@@H]1C1CC1. The summed E-state index contributed by atoms with van der Waals surface area (Å²) >= 11 is 7.67. The van der Waals surface area contributed by atoms with E-state index in [4.69, 9.17) is 12.2 Å². The van der Waals surface area contributed by atoms with E-state index in [-0.39, 0.29) is 0 Å². The first-order valence-electron chi connectivity index (χ1n) is 7.93. The van der Waals surface area contributed by atoms with Crippen molar-refractivity contribution in [1.29, 1.82) is 0 Å².